The Morgan fingerprint density at radius 1 is 1.43 bits per heavy atom. The van der Waals surface area contributed by atoms with Gasteiger partial charge in [-0.3, -0.25) is 9.48 Å². The molecule has 1 amide bonds. The molecule has 0 bridgehead atoms. The number of nitriles is 1. The highest BCUT2D eigenvalue weighted by Gasteiger charge is 2.15. The topological polar surface area (TPSA) is 70.7 Å². The number of halogens is 1. The molecule has 1 N–H and O–H groups in total. The van der Waals surface area contributed by atoms with Crippen molar-refractivity contribution in [3.8, 4) is 6.07 Å². The number of amides is 1. The van der Waals surface area contributed by atoms with Gasteiger partial charge in [-0.2, -0.15) is 10.4 Å². The quantitative estimate of drug-likeness (QED) is 0.922. The van der Waals surface area contributed by atoms with E-state index >= 15 is 0 Å². The number of nitrogens with zero attached hydrogens (tertiary/aromatic N) is 3. The number of carbonyl (C=O) groups is 1. The molecule has 1 heterocycles. The number of aryl methyl sites for hydroxylation is 2. The molecule has 1 aromatic carbocycles. The van der Waals surface area contributed by atoms with Crippen LogP contribution >= 0.6 is 15.9 Å². The fourth-order valence-corrected chi connectivity index (χ4v) is 2.33. The number of hydrogen-bond donors (Lipinski definition) is 1. The van der Waals surface area contributed by atoms with Crippen molar-refractivity contribution >= 4 is 27.5 Å². The molecule has 0 saturated carbocycles. The highest BCUT2D eigenvalue weighted by molar-refractivity contribution is 9.10. The van der Waals surface area contributed by atoms with Gasteiger partial charge in [0.25, 0.3) is 5.91 Å². The number of benzene rings is 1. The molecular formula is C15H15BrN4O. The summed E-state index contributed by atoms with van der Waals surface area (Å²) in [5.74, 6) is -0.265. The van der Waals surface area contributed by atoms with Gasteiger partial charge in [-0.05, 0) is 37.6 Å². The number of nitrogens with one attached hydrogen (secondary N) is 1. The molecule has 1 aromatic heterocycles. The van der Waals surface area contributed by atoms with Crippen LogP contribution in [-0.4, -0.2) is 15.7 Å². The van der Waals surface area contributed by atoms with Gasteiger partial charge in [0, 0.05) is 11.0 Å². The molecule has 0 fully saturated rings. The van der Waals surface area contributed by atoms with Gasteiger partial charge in [0.15, 0.2) is 0 Å². The maximum absolute atomic E-state index is 12.4. The summed E-state index contributed by atoms with van der Waals surface area (Å²) in [6, 6.07) is 8.98. The second kappa shape index (κ2) is 6.55. The van der Waals surface area contributed by atoms with Crippen molar-refractivity contribution in [3.05, 3.63) is 45.7 Å². The maximum atomic E-state index is 12.4. The maximum Gasteiger partial charge on any atom is 0.273 e. The highest BCUT2D eigenvalue weighted by Crippen LogP contribution is 2.21. The van der Waals surface area contributed by atoms with Crippen LogP contribution in [0, 0.1) is 11.3 Å². The number of aromatic nitrogens is 2. The molecule has 2 aromatic rings. The van der Waals surface area contributed by atoms with E-state index in [0.29, 0.717) is 23.5 Å². The zero-order valence-corrected chi connectivity index (χ0v) is 13.4. The van der Waals surface area contributed by atoms with Crippen LogP contribution in [0.25, 0.3) is 0 Å². The van der Waals surface area contributed by atoms with E-state index in [0.717, 1.165) is 16.6 Å². The summed E-state index contributed by atoms with van der Waals surface area (Å²) in [5, 5.41) is 16.2. The fraction of sp³-hybridized carbons (Fsp3) is 0.267. The Hall–Kier alpha value is -2.13. The van der Waals surface area contributed by atoms with Gasteiger partial charge in [0.05, 0.1) is 16.9 Å². The number of anilines is 1. The summed E-state index contributed by atoms with van der Waals surface area (Å²) >= 11 is 3.34. The Kier molecular flexibility index (Phi) is 4.76. The molecule has 21 heavy (non-hydrogen) atoms. The Morgan fingerprint density at radius 3 is 2.81 bits per heavy atom. The molecule has 0 spiro atoms. The van der Waals surface area contributed by atoms with Gasteiger partial charge in [-0.15, -0.1) is 0 Å². The van der Waals surface area contributed by atoms with Crippen molar-refractivity contribution in [1.29, 1.82) is 5.26 Å². The van der Waals surface area contributed by atoms with Crippen LogP contribution in [0.5, 0.6) is 0 Å². The van der Waals surface area contributed by atoms with E-state index < -0.39 is 0 Å². The molecular weight excluding hydrogens is 332 g/mol. The largest absolute Gasteiger partial charge is 0.319 e. The van der Waals surface area contributed by atoms with Crippen LogP contribution in [0.1, 0.15) is 35.6 Å². The molecule has 6 heteroatoms. The van der Waals surface area contributed by atoms with Crippen molar-refractivity contribution in [2.24, 2.45) is 0 Å². The van der Waals surface area contributed by atoms with Crippen molar-refractivity contribution in [1.82, 2.24) is 9.78 Å². The summed E-state index contributed by atoms with van der Waals surface area (Å²) < 4.78 is 2.47. The summed E-state index contributed by atoms with van der Waals surface area (Å²) in [4.78, 5) is 12.4. The van der Waals surface area contributed by atoms with Crippen molar-refractivity contribution in [2.45, 2.75) is 26.8 Å². The first kappa shape index (κ1) is 15.3. The van der Waals surface area contributed by atoms with Crippen LogP contribution in [0.4, 0.5) is 5.69 Å². The molecule has 2 rings (SSSR count). The summed E-state index contributed by atoms with van der Waals surface area (Å²) in [7, 11) is 0. The Morgan fingerprint density at radius 2 is 2.19 bits per heavy atom. The summed E-state index contributed by atoms with van der Waals surface area (Å²) in [6.07, 6.45) is 0.771. The van der Waals surface area contributed by atoms with Crippen molar-refractivity contribution in [2.75, 3.05) is 5.32 Å². The number of hydrogen-bond acceptors (Lipinski definition) is 3. The molecule has 108 valence electrons. The SMILES string of the molecule is CCc1cc(C(=O)Nc2cc(Br)ccc2C#N)n(CC)n1. The molecule has 0 aliphatic carbocycles. The van der Waals surface area contributed by atoms with Crippen molar-refractivity contribution < 1.29 is 4.79 Å². The highest BCUT2D eigenvalue weighted by atomic mass is 79.9. The van der Waals surface area contributed by atoms with E-state index in [4.69, 9.17) is 5.26 Å². The standard InChI is InChI=1S/C15H15BrN4O/c1-3-12-8-14(20(4-2)19-12)15(21)18-13-7-11(16)6-5-10(13)9-17/h5-8H,3-4H2,1-2H3,(H,18,21). The minimum Gasteiger partial charge on any atom is -0.319 e. The monoisotopic (exact) mass is 346 g/mol. The lowest BCUT2D eigenvalue weighted by atomic mass is 10.2. The normalized spacial score (nSPS) is 10.2. The van der Waals surface area contributed by atoms with E-state index in [1.807, 2.05) is 13.8 Å². The van der Waals surface area contributed by atoms with Crippen LogP contribution < -0.4 is 5.32 Å². The summed E-state index contributed by atoms with van der Waals surface area (Å²) in [5.41, 5.74) is 2.28. The molecule has 5 nitrogen and oxygen atoms in total. The molecule has 0 aliphatic heterocycles. The minimum absolute atomic E-state index is 0.265. The molecule has 0 aliphatic rings. The molecule has 0 unspecified atom stereocenters. The van der Waals surface area contributed by atoms with Crippen LogP contribution in [0.3, 0.4) is 0 Å². The van der Waals surface area contributed by atoms with Crippen LogP contribution in [0.2, 0.25) is 0 Å². The summed E-state index contributed by atoms with van der Waals surface area (Å²) in [6.45, 7) is 4.54. The number of carbonyl (C=O) groups excluding carboxylic acids is 1. The van der Waals surface area contributed by atoms with Crippen LogP contribution in [0.15, 0.2) is 28.7 Å². The predicted molar refractivity (Wildman–Crippen MR) is 84.1 cm³/mol. The van der Waals surface area contributed by atoms with Gasteiger partial charge in [-0.1, -0.05) is 22.9 Å². The van der Waals surface area contributed by atoms with Crippen molar-refractivity contribution in [3.63, 3.8) is 0 Å². The van der Waals surface area contributed by atoms with E-state index in [1.165, 1.54) is 0 Å². The number of rotatable bonds is 4. The fourth-order valence-electron chi connectivity index (χ4n) is 1.97. The zero-order chi connectivity index (χ0) is 15.4. The Labute approximate surface area is 131 Å². The average Bonchev–Trinajstić information content (AvgIpc) is 2.91. The minimum atomic E-state index is -0.265. The lowest BCUT2D eigenvalue weighted by Gasteiger charge is -2.08. The van der Waals surface area contributed by atoms with Gasteiger partial charge >= 0.3 is 0 Å². The zero-order valence-electron chi connectivity index (χ0n) is 11.9. The third-order valence-electron chi connectivity index (χ3n) is 3.08. The lowest BCUT2D eigenvalue weighted by molar-refractivity contribution is 0.101. The second-order valence-electron chi connectivity index (χ2n) is 4.45. The molecule has 0 atom stereocenters. The van der Waals surface area contributed by atoms with Gasteiger partial charge in [0.2, 0.25) is 0 Å². The predicted octanol–water partition coefficient (Wildman–Crippen LogP) is 3.35. The molecule has 0 saturated heterocycles. The second-order valence-corrected chi connectivity index (χ2v) is 5.36. The lowest BCUT2D eigenvalue weighted by Crippen LogP contribution is -2.18. The van der Waals surface area contributed by atoms with E-state index in [1.54, 1.807) is 28.9 Å². The van der Waals surface area contributed by atoms with E-state index in [-0.39, 0.29) is 5.91 Å². The molecule has 0 radical (unpaired) electrons. The van der Waals surface area contributed by atoms with Crippen LogP contribution in [-0.2, 0) is 13.0 Å². The first-order chi connectivity index (χ1) is 10.1. The van der Waals surface area contributed by atoms with E-state index in [9.17, 15) is 4.79 Å². The average molecular weight is 347 g/mol. The third-order valence-corrected chi connectivity index (χ3v) is 3.57. The van der Waals surface area contributed by atoms with Gasteiger partial charge in [-0.25, -0.2) is 0 Å². The van der Waals surface area contributed by atoms with Gasteiger partial charge < -0.3 is 5.32 Å². The first-order valence-electron chi connectivity index (χ1n) is 6.66. The smallest absolute Gasteiger partial charge is 0.273 e. The van der Waals surface area contributed by atoms with Gasteiger partial charge in [0.1, 0.15) is 11.8 Å². The Balaban J connectivity index is 2.32. The third kappa shape index (κ3) is 3.31. The van der Waals surface area contributed by atoms with E-state index in [2.05, 4.69) is 32.4 Å². The Bertz CT molecular complexity index is 715. The first-order valence-corrected chi connectivity index (χ1v) is 7.46.